The van der Waals surface area contributed by atoms with Crippen molar-refractivity contribution in [1.29, 1.82) is 0 Å². The molecule has 0 atom stereocenters. The number of aromatic nitrogens is 2. The molecule has 0 aromatic carbocycles. The van der Waals surface area contributed by atoms with Gasteiger partial charge in [-0.15, -0.1) is 0 Å². The molecule has 0 fully saturated rings. The second-order valence-electron chi connectivity index (χ2n) is 5.26. The van der Waals surface area contributed by atoms with E-state index in [0.29, 0.717) is 19.8 Å². The van der Waals surface area contributed by atoms with Crippen LogP contribution in [0.2, 0.25) is 6.04 Å². The predicted octanol–water partition coefficient (Wildman–Crippen LogP) is 1.10. The fourth-order valence-electron chi connectivity index (χ4n) is 2.40. The van der Waals surface area contributed by atoms with E-state index in [0.717, 1.165) is 19.0 Å². The van der Waals surface area contributed by atoms with Crippen molar-refractivity contribution in [2.75, 3.05) is 25.6 Å². The first-order valence-electron chi connectivity index (χ1n) is 8.26. The van der Waals surface area contributed by atoms with E-state index in [9.17, 15) is 8.42 Å². The molecule has 1 aromatic rings. The third-order valence-electron chi connectivity index (χ3n) is 3.35. The van der Waals surface area contributed by atoms with Gasteiger partial charge in [-0.25, -0.2) is 9.13 Å². The van der Waals surface area contributed by atoms with Crippen LogP contribution in [0.15, 0.2) is 18.7 Å². The summed E-state index contributed by atoms with van der Waals surface area (Å²) in [5.74, 6) is -0.295. The van der Waals surface area contributed by atoms with Crippen LogP contribution in [0, 0.1) is 0 Å². The fraction of sp³-hybridized carbons (Fsp3) is 0.786. The van der Waals surface area contributed by atoms with E-state index < -0.39 is 18.9 Å². The molecule has 10 heteroatoms. The standard InChI is InChI=1S/C14H28N2O6SSi/c1-4-20-24(21-5-2,22-6-3)13-7-8-15-9-10-16(14-15)11-12-23(17,18)19/h9-10,14H,4-8,11-13H2,1-3H3/p+1. The summed E-state index contributed by atoms with van der Waals surface area (Å²) in [5.41, 5.74) is 0. The topological polar surface area (TPSA) is 90.9 Å². The second-order valence-corrected chi connectivity index (χ2v) is 9.57. The first kappa shape index (κ1) is 21.3. The summed E-state index contributed by atoms with van der Waals surface area (Å²) < 4.78 is 51.5. The lowest BCUT2D eigenvalue weighted by molar-refractivity contribution is -0.696. The molecule has 0 amide bonds. The van der Waals surface area contributed by atoms with Crippen molar-refractivity contribution in [2.24, 2.45) is 0 Å². The first-order chi connectivity index (χ1) is 11.3. The highest BCUT2D eigenvalue weighted by Gasteiger charge is 2.39. The average molecular weight is 382 g/mol. The predicted molar refractivity (Wildman–Crippen MR) is 91.1 cm³/mol. The van der Waals surface area contributed by atoms with Gasteiger partial charge in [-0.3, -0.25) is 4.55 Å². The zero-order valence-electron chi connectivity index (χ0n) is 14.7. The Balaban J connectivity index is 2.53. The molecule has 24 heavy (non-hydrogen) atoms. The molecule has 0 saturated carbocycles. The molecule has 0 unspecified atom stereocenters. The van der Waals surface area contributed by atoms with Gasteiger partial charge in [0, 0.05) is 25.9 Å². The largest absolute Gasteiger partial charge is 0.501 e. The lowest BCUT2D eigenvalue weighted by atomic mass is 10.5. The molecule has 140 valence electrons. The number of hydrogen-bond acceptors (Lipinski definition) is 5. The zero-order chi connectivity index (χ0) is 18.1. The maximum Gasteiger partial charge on any atom is 0.501 e. The van der Waals surface area contributed by atoms with Crippen LogP contribution in [0.25, 0.3) is 0 Å². The number of nitrogens with zero attached hydrogens (tertiary/aromatic N) is 2. The molecule has 8 nitrogen and oxygen atoms in total. The van der Waals surface area contributed by atoms with Crippen molar-refractivity contribution in [2.45, 2.75) is 46.3 Å². The average Bonchev–Trinajstić information content (AvgIpc) is 2.93. The third-order valence-corrected chi connectivity index (χ3v) is 7.20. The molecule has 1 N–H and O–H groups in total. The Hall–Kier alpha value is -0.783. The summed E-state index contributed by atoms with van der Waals surface area (Å²) in [6.45, 7) is 8.46. The Morgan fingerprint density at radius 1 is 1.12 bits per heavy atom. The van der Waals surface area contributed by atoms with E-state index in [-0.39, 0.29) is 12.3 Å². The minimum atomic E-state index is -3.94. The van der Waals surface area contributed by atoms with Crippen molar-refractivity contribution in [3.8, 4) is 0 Å². The summed E-state index contributed by atoms with van der Waals surface area (Å²) in [4.78, 5) is 0. The van der Waals surface area contributed by atoms with Gasteiger partial charge in [0.1, 0.15) is 24.7 Å². The first-order valence-corrected chi connectivity index (χ1v) is 11.8. The summed E-state index contributed by atoms with van der Waals surface area (Å²) in [6, 6.07) is 0.728. The molecule has 0 bridgehead atoms. The number of imidazole rings is 1. The van der Waals surface area contributed by atoms with Crippen LogP contribution in [0.4, 0.5) is 0 Å². The van der Waals surface area contributed by atoms with Crippen LogP contribution in [-0.2, 0) is 36.5 Å². The van der Waals surface area contributed by atoms with Gasteiger partial charge in [0.05, 0.1) is 6.54 Å². The van der Waals surface area contributed by atoms with Crippen molar-refractivity contribution in [3.63, 3.8) is 0 Å². The highest BCUT2D eigenvalue weighted by Crippen LogP contribution is 2.18. The molecular formula is C14H29N2O6SSi+. The van der Waals surface area contributed by atoms with E-state index in [4.69, 9.17) is 17.8 Å². The highest BCUT2D eigenvalue weighted by molar-refractivity contribution is 7.85. The van der Waals surface area contributed by atoms with Crippen LogP contribution in [0.1, 0.15) is 27.2 Å². The molecule has 0 aliphatic carbocycles. The minimum absolute atomic E-state index is 0.224. The van der Waals surface area contributed by atoms with Gasteiger partial charge in [0.25, 0.3) is 10.1 Å². The normalized spacial score (nSPS) is 12.7. The van der Waals surface area contributed by atoms with E-state index in [1.165, 1.54) is 0 Å². The SMILES string of the molecule is CCO[Si](CCC[n+]1ccn(CCS(=O)(=O)O)c1)(OCC)OCC. The summed E-state index contributed by atoms with van der Waals surface area (Å²) >= 11 is 0. The highest BCUT2D eigenvalue weighted by atomic mass is 32.2. The van der Waals surface area contributed by atoms with E-state index in [1.54, 1.807) is 10.8 Å². The Morgan fingerprint density at radius 3 is 2.21 bits per heavy atom. The Kier molecular flexibility index (Phi) is 9.09. The molecule has 0 spiro atoms. The molecule has 0 aliphatic rings. The van der Waals surface area contributed by atoms with Crippen LogP contribution < -0.4 is 4.57 Å². The van der Waals surface area contributed by atoms with Gasteiger partial charge in [0.15, 0.2) is 0 Å². The number of hydrogen-bond donors (Lipinski definition) is 1. The zero-order valence-corrected chi connectivity index (χ0v) is 16.5. The quantitative estimate of drug-likeness (QED) is 0.313. The van der Waals surface area contributed by atoms with Crippen molar-refractivity contribution < 1.29 is 30.8 Å². The van der Waals surface area contributed by atoms with Crippen LogP contribution in [0.5, 0.6) is 0 Å². The lowest BCUT2D eigenvalue weighted by Crippen LogP contribution is -2.46. The summed E-state index contributed by atoms with van der Waals surface area (Å²) in [7, 11) is -6.56. The number of rotatable bonds is 13. The smallest absolute Gasteiger partial charge is 0.374 e. The Labute approximate surface area is 145 Å². The molecule has 1 aromatic heterocycles. The molecule has 1 heterocycles. The van der Waals surface area contributed by atoms with Crippen molar-refractivity contribution >= 4 is 18.9 Å². The lowest BCUT2D eigenvalue weighted by Gasteiger charge is -2.28. The molecule has 1 rings (SSSR count). The van der Waals surface area contributed by atoms with E-state index >= 15 is 0 Å². The fourth-order valence-corrected chi connectivity index (χ4v) is 5.44. The van der Waals surface area contributed by atoms with E-state index in [2.05, 4.69) is 0 Å². The molecule has 0 aliphatic heterocycles. The van der Waals surface area contributed by atoms with Gasteiger partial charge in [-0.1, -0.05) is 0 Å². The minimum Gasteiger partial charge on any atom is -0.374 e. The molecule has 0 saturated heterocycles. The van der Waals surface area contributed by atoms with Gasteiger partial charge >= 0.3 is 8.80 Å². The summed E-state index contributed by atoms with van der Waals surface area (Å²) in [6.07, 6.45) is 6.30. The number of aryl methyl sites for hydroxylation is 2. The van der Waals surface area contributed by atoms with Crippen molar-refractivity contribution in [3.05, 3.63) is 18.7 Å². The van der Waals surface area contributed by atoms with E-state index in [1.807, 2.05) is 37.9 Å². The Morgan fingerprint density at radius 2 is 1.71 bits per heavy atom. The third kappa shape index (κ3) is 7.86. The van der Waals surface area contributed by atoms with Gasteiger partial charge in [0.2, 0.25) is 6.33 Å². The van der Waals surface area contributed by atoms with Crippen LogP contribution in [-0.4, -0.2) is 51.9 Å². The molecular weight excluding hydrogens is 352 g/mol. The van der Waals surface area contributed by atoms with Gasteiger partial charge in [-0.2, -0.15) is 8.42 Å². The molecule has 0 radical (unpaired) electrons. The van der Waals surface area contributed by atoms with Crippen LogP contribution in [0.3, 0.4) is 0 Å². The Bertz CT molecular complexity index is 561. The second kappa shape index (κ2) is 10.3. The van der Waals surface area contributed by atoms with Crippen molar-refractivity contribution in [1.82, 2.24) is 4.57 Å². The summed E-state index contributed by atoms with van der Waals surface area (Å²) in [5, 5.41) is 0. The monoisotopic (exact) mass is 381 g/mol. The maximum absolute atomic E-state index is 10.8. The maximum atomic E-state index is 10.8. The van der Waals surface area contributed by atoms with Gasteiger partial charge in [-0.05, 0) is 27.2 Å². The van der Waals surface area contributed by atoms with Crippen LogP contribution >= 0.6 is 0 Å². The van der Waals surface area contributed by atoms with Gasteiger partial charge < -0.3 is 13.3 Å².